The lowest BCUT2D eigenvalue weighted by Crippen LogP contribution is -2.39. The highest BCUT2D eigenvalue weighted by Gasteiger charge is 2.24. The highest BCUT2D eigenvalue weighted by molar-refractivity contribution is 7.99. The van der Waals surface area contributed by atoms with Crippen molar-refractivity contribution >= 4 is 39.2 Å². The van der Waals surface area contributed by atoms with Crippen LogP contribution in [-0.2, 0) is 17.6 Å². The van der Waals surface area contributed by atoms with Crippen LogP contribution in [0.25, 0.3) is 10.2 Å². The number of hydrogen-bond donors (Lipinski definition) is 1. The molecule has 0 spiro atoms. The molecule has 2 aromatic rings. The summed E-state index contributed by atoms with van der Waals surface area (Å²) in [5, 5.41) is 1.33. The minimum absolute atomic E-state index is 0.0531. The van der Waals surface area contributed by atoms with Gasteiger partial charge in [-0.1, -0.05) is 37.9 Å². The van der Waals surface area contributed by atoms with E-state index < -0.39 is 0 Å². The van der Waals surface area contributed by atoms with Crippen molar-refractivity contribution in [1.82, 2.24) is 14.9 Å². The highest BCUT2D eigenvalue weighted by Crippen LogP contribution is 2.36. The Hall–Kier alpha value is -1.34. The number of carbonyl (C=O) groups excluding carboxylic acids is 1. The predicted molar refractivity (Wildman–Crippen MR) is 112 cm³/mol. The van der Waals surface area contributed by atoms with Crippen LogP contribution in [0, 0.1) is 5.92 Å². The Morgan fingerprint density at radius 1 is 1.30 bits per heavy atom. The minimum Gasteiger partial charge on any atom is -0.342 e. The summed E-state index contributed by atoms with van der Waals surface area (Å²) >= 11 is 3.00. The fourth-order valence-corrected chi connectivity index (χ4v) is 6.53. The molecule has 7 heteroatoms. The van der Waals surface area contributed by atoms with Gasteiger partial charge in [0.15, 0.2) is 5.16 Å². The van der Waals surface area contributed by atoms with Gasteiger partial charge in [0.2, 0.25) is 5.91 Å². The molecule has 0 aromatic carbocycles. The van der Waals surface area contributed by atoms with Crippen LogP contribution in [-0.4, -0.2) is 39.6 Å². The first-order valence-corrected chi connectivity index (χ1v) is 11.8. The third-order valence-corrected chi connectivity index (χ3v) is 8.00. The van der Waals surface area contributed by atoms with Crippen molar-refractivity contribution in [2.45, 2.75) is 69.5 Å². The predicted octanol–water partition coefficient (Wildman–Crippen LogP) is 3.99. The van der Waals surface area contributed by atoms with Crippen LogP contribution in [0.3, 0.4) is 0 Å². The van der Waals surface area contributed by atoms with Crippen molar-refractivity contribution in [3.05, 3.63) is 20.8 Å². The molecule has 2 aliphatic rings. The number of aryl methyl sites for hydroxylation is 1. The molecule has 4 rings (SSSR count). The first-order chi connectivity index (χ1) is 13.0. The molecule has 0 radical (unpaired) electrons. The molecule has 2 heterocycles. The standard InChI is InChI=1S/C20H27N3O2S2/c1-12-8-9-14-15(10-12)27-19-17(14)18(25)21-20(22-19)26-11-16(24)23(2)13-6-4-3-5-7-13/h12-13H,3-11H2,1-2H3,(H,21,22,25)/t12-/m0/s1. The lowest BCUT2D eigenvalue weighted by molar-refractivity contribution is -0.129. The number of nitrogens with one attached hydrogen (secondary N) is 1. The van der Waals surface area contributed by atoms with Crippen molar-refractivity contribution in [1.29, 1.82) is 0 Å². The van der Waals surface area contributed by atoms with Gasteiger partial charge in [-0.2, -0.15) is 0 Å². The summed E-state index contributed by atoms with van der Waals surface area (Å²) in [5.74, 6) is 1.12. The number of H-pyrrole nitrogens is 1. The first kappa shape index (κ1) is 19.0. The molecule has 1 N–H and O–H groups in total. The van der Waals surface area contributed by atoms with Gasteiger partial charge in [0.1, 0.15) is 4.83 Å². The zero-order valence-electron chi connectivity index (χ0n) is 16.0. The maximum Gasteiger partial charge on any atom is 0.260 e. The van der Waals surface area contributed by atoms with Gasteiger partial charge >= 0.3 is 0 Å². The highest BCUT2D eigenvalue weighted by atomic mass is 32.2. The van der Waals surface area contributed by atoms with E-state index in [-0.39, 0.29) is 11.5 Å². The summed E-state index contributed by atoms with van der Waals surface area (Å²) in [5.41, 5.74) is 1.15. The van der Waals surface area contributed by atoms with Gasteiger partial charge in [-0.05, 0) is 43.6 Å². The molecule has 5 nitrogen and oxygen atoms in total. The largest absolute Gasteiger partial charge is 0.342 e. The van der Waals surface area contributed by atoms with E-state index in [1.54, 1.807) is 11.3 Å². The third-order valence-electron chi connectivity index (χ3n) is 5.99. The molecule has 2 aromatic heterocycles. The molecular formula is C20H27N3O2S2. The zero-order valence-corrected chi connectivity index (χ0v) is 17.7. The number of thiophene rings is 1. The average molecular weight is 406 g/mol. The quantitative estimate of drug-likeness (QED) is 0.617. The molecule has 146 valence electrons. The second kappa shape index (κ2) is 7.95. The molecule has 1 amide bonds. The topological polar surface area (TPSA) is 66.1 Å². The van der Waals surface area contributed by atoms with E-state index in [0.717, 1.165) is 42.3 Å². The molecule has 0 saturated heterocycles. The lowest BCUT2D eigenvalue weighted by Gasteiger charge is -2.31. The minimum atomic E-state index is -0.0531. The second-order valence-corrected chi connectivity index (χ2v) is 10.0. The molecule has 1 saturated carbocycles. The Bertz CT molecular complexity index is 898. The maximum absolute atomic E-state index is 12.6. The van der Waals surface area contributed by atoms with E-state index in [4.69, 9.17) is 0 Å². The van der Waals surface area contributed by atoms with Crippen LogP contribution < -0.4 is 5.56 Å². The molecule has 0 bridgehead atoms. The molecule has 27 heavy (non-hydrogen) atoms. The van der Waals surface area contributed by atoms with Gasteiger partial charge in [-0.3, -0.25) is 9.59 Å². The van der Waals surface area contributed by atoms with Crippen molar-refractivity contribution in [2.75, 3.05) is 12.8 Å². The van der Waals surface area contributed by atoms with E-state index in [2.05, 4.69) is 16.9 Å². The number of hydrogen-bond acceptors (Lipinski definition) is 5. The van der Waals surface area contributed by atoms with Crippen molar-refractivity contribution in [3.63, 3.8) is 0 Å². The molecule has 1 fully saturated rings. The summed E-state index contributed by atoms with van der Waals surface area (Å²) in [6.07, 6.45) is 9.06. The Morgan fingerprint density at radius 2 is 2.07 bits per heavy atom. The molecule has 2 aliphatic carbocycles. The summed E-state index contributed by atoms with van der Waals surface area (Å²) < 4.78 is 0. The Morgan fingerprint density at radius 3 is 2.85 bits per heavy atom. The lowest BCUT2D eigenvalue weighted by atomic mass is 9.89. The fourth-order valence-electron chi connectivity index (χ4n) is 4.30. The van der Waals surface area contributed by atoms with Gasteiger partial charge in [0, 0.05) is 18.0 Å². The number of nitrogens with zero attached hydrogens (tertiary/aromatic N) is 2. The van der Waals surface area contributed by atoms with E-state index in [1.807, 2.05) is 11.9 Å². The van der Waals surface area contributed by atoms with Crippen LogP contribution in [0.4, 0.5) is 0 Å². The Balaban J connectivity index is 1.48. The smallest absolute Gasteiger partial charge is 0.260 e. The van der Waals surface area contributed by atoms with Crippen molar-refractivity contribution in [2.24, 2.45) is 5.92 Å². The third kappa shape index (κ3) is 3.94. The monoisotopic (exact) mass is 405 g/mol. The number of fused-ring (bicyclic) bond motifs is 3. The molecule has 0 unspecified atom stereocenters. The Labute approximate surface area is 167 Å². The first-order valence-electron chi connectivity index (χ1n) is 9.96. The average Bonchev–Trinajstić information content (AvgIpc) is 3.03. The van der Waals surface area contributed by atoms with E-state index in [9.17, 15) is 9.59 Å². The summed E-state index contributed by atoms with van der Waals surface area (Å²) in [4.78, 5) is 36.8. The van der Waals surface area contributed by atoms with Crippen LogP contribution in [0.5, 0.6) is 0 Å². The summed E-state index contributed by atoms with van der Waals surface area (Å²) in [7, 11) is 1.91. The number of aromatic amines is 1. The van der Waals surface area contributed by atoms with E-state index >= 15 is 0 Å². The Kier molecular flexibility index (Phi) is 5.60. The SMILES string of the molecule is C[C@H]1CCc2c(sc3nc(SCC(=O)N(C)C4CCCCC4)[nH]c(=O)c23)C1. The van der Waals surface area contributed by atoms with Gasteiger partial charge < -0.3 is 9.88 Å². The van der Waals surface area contributed by atoms with Crippen LogP contribution in [0.1, 0.15) is 55.9 Å². The van der Waals surface area contributed by atoms with Gasteiger partial charge in [-0.25, -0.2) is 4.98 Å². The van der Waals surface area contributed by atoms with E-state index in [0.29, 0.717) is 22.9 Å². The van der Waals surface area contributed by atoms with Crippen LogP contribution in [0.15, 0.2) is 9.95 Å². The number of rotatable bonds is 4. The number of amides is 1. The number of thioether (sulfide) groups is 1. The molecular weight excluding hydrogens is 378 g/mol. The maximum atomic E-state index is 12.6. The summed E-state index contributed by atoms with van der Waals surface area (Å²) in [6.45, 7) is 2.26. The molecule has 1 atom stereocenters. The number of aromatic nitrogens is 2. The van der Waals surface area contributed by atoms with Crippen molar-refractivity contribution in [3.8, 4) is 0 Å². The van der Waals surface area contributed by atoms with E-state index in [1.165, 1.54) is 41.5 Å². The van der Waals surface area contributed by atoms with Gasteiger partial charge in [-0.15, -0.1) is 11.3 Å². The van der Waals surface area contributed by atoms with Gasteiger partial charge in [0.05, 0.1) is 11.1 Å². The van der Waals surface area contributed by atoms with Crippen LogP contribution >= 0.6 is 23.1 Å². The normalized spacial score (nSPS) is 20.6. The number of carbonyl (C=O) groups is 1. The summed E-state index contributed by atoms with van der Waals surface area (Å²) in [6, 6.07) is 0.368. The second-order valence-electron chi connectivity index (χ2n) is 7.99. The van der Waals surface area contributed by atoms with Crippen molar-refractivity contribution < 1.29 is 4.79 Å². The molecule has 0 aliphatic heterocycles. The van der Waals surface area contributed by atoms with Gasteiger partial charge in [0.25, 0.3) is 5.56 Å². The van der Waals surface area contributed by atoms with Crippen LogP contribution in [0.2, 0.25) is 0 Å². The zero-order chi connectivity index (χ0) is 19.0. The fraction of sp³-hybridized carbons (Fsp3) is 0.650.